The van der Waals surface area contributed by atoms with E-state index in [0.29, 0.717) is 0 Å². The zero-order chi connectivity index (χ0) is 17.7. The summed E-state index contributed by atoms with van der Waals surface area (Å²) in [6, 6.07) is 4.35. The zero-order valence-corrected chi connectivity index (χ0v) is 17.9. The van der Waals surface area contributed by atoms with Crippen LogP contribution in [-0.2, 0) is 16.2 Å². The summed E-state index contributed by atoms with van der Waals surface area (Å²) in [6.45, 7) is 19.4. The first-order valence-corrected chi connectivity index (χ1v) is 11.7. The van der Waals surface area contributed by atoms with E-state index >= 15 is 0 Å². The number of hydrogen-bond acceptors (Lipinski definition) is 1. The van der Waals surface area contributed by atoms with Crippen molar-refractivity contribution in [2.75, 3.05) is 0 Å². The molecule has 0 fully saturated rings. The fraction of sp³-hybridized carbons (Fsp3) is 0.667. The Morgan fingerprint density at radius 1 is 0.727 bits per heavy atom. The molecule has 0 radical (unpaired) electrons. The van der Waals surface area contributed by atoms with Crippen LogP contribution in [0.5, 0.6) is 0 Å². The van der Waals surface area contributed by atoms with E-state index in [9.17, 15) is 4.89 Å². The van der Waals surface area contributed by atoms with E-state index in [0.717, 1.165) is 16.4 Å². The van der Waals surface area contributed by atoms with Gasteiger partial charge in [-0.25, -0.2) is 0 Å². The van der Waals surface area contributed by atoms with Gasteiger partial charge in [0.05, 0.1) is 0 Å². The van der Waals surface area contributed by atoms with E-state index in [1.54, 1.807) is 0 Å². The van der Waals surface area contributed by atoms with Crippen LogP contribution >= 0.6 is 28.7 Å². The van der Waals surface area contributed by atoms with Gasteiger partial charge in [-0.2, -0.15) is 0 Å². The molecule has 0 saturated heterocycles. The molecule has 0 unspecified atom stereocenters. The second-order valence-electron chi connectivity index (χ2n) is 9.24. The quantitative estimate of drug-likeness (QED) is 0.590. The molecule has 0 bridgehead atoms. The van der Waals surface area contributed by atoms with E-state index in [2.05, 4.69) is 74.4 Å². The predicted octanol–water partition coefficient (Wildman–Crippen LogP) is 6.17. The van der Waals surface area contributed by atoms with Crippen LogP contribution in [0.3, 0.4) is 0 Å². The van der Waals surface area contributed by atoms with Gasteiger partial charge in [-0.1, -0.05) is 0 Å². The summed E-state index contributed by atoms with van der Waals surface area (Å²) in [6.07, 6.45) is -3.48. The van der Waals surface area contributed by atoms with Crippen LogP contribution in [0.25, 0.3) is 0 Å². The standard InChI is InChI=1S/C18H31Cl2OP/c1-16(2,3)12-10-13(17(4,5)6)15(22(19,20)21)14(11-12)18(7,8)9/h10-11,21-22H,1-9H3. The Labute approximate surface area is 146 Å². The molecule has 0 aliphatic carbocycles. The Morgan fingerprint density at radius 2 is 1.05 bits per heavy atom. The van der Waals surface area contributed by atoms with Crippen molar-refractivity contribution in [2.45, 2.75) is 78.6 Å². The molecule has 0 atom stereocenters. The monoisotopic (exact) mass is 364 g/mol. The van der Waals surface area contributed by atoms with Gasteiger partial charge in [-0.3, -0.25) is 0 Å². The van der Waals surface area contributed by atoms with Gasteiger partial charge in [0.25, 0.3) is 0 Å². The third-order valence-corrected chi connectivity index (χ3v) is 6.20. The summed E-state index contributed by atoms with van der Waals surface area (Å²) < 4.78 is 0. The topological polar surface area (TPSA) is 20.2 Å². The first kappa shape index (κ1) is 20.2. The van der Waals surface area contributed by atoms with E-state index < -0.39 is 6.19 Å². The van der Waals surface area contributed by atoms with Gasteiger partial charge in [0, 0.05) is 0 Å². The summed E-state index contributed by atoms with van der Waals surface area (Å²) >= 11 is 12.6. The first-order valence-electron chi connectivity index (χ1n) is 7.76. The molecule has 1 aromatic carbocycles. The summed E-state index contributed by atoms with van der Waals surface area (Å²) in [4.78, 5) is 10.5. The molecule has 4 heteroatoms. The predicted molar refractivity (Wildman–Crippen MR) is 104 cm³/mol. The molecule has 1 rings (SSSR count). The average molecular weight is 365 g/mol. The van der Waals surface area contributed by atoms with Gasteiger partial charge >= 0.3 is 146 Å². The van der Waals surface area contributed by atoms with Gasteiger partial charge in [-0.15, -0.1) is 0 Å². The molecule has 0 spiro atoms. The molecular weight excluding hydrogens is 334 g/mol. The van der Waals surface area contributed by atoms with Crippen LogP contribution in [-0.4, -0.2) is 4.89 Å². The Bertz CT molecular complexity index is 517. The van der Waals surface area contributed by atoms with Crippen LogP contribution in [0.2, 0.25) is 0 Å². The van der Waals surface area contributed by atoms with Crippen LogP contribution < -0.4 is 5.30 Å². The van der Waals surface area contributed by atoms with Crippen LogP contribution in [0.1, 0.15) is 79.0 Å². The maximum atomic E-state index is 10.5. The Morgan fingerprint density at radius 3 is 1.23 bits per heavy atom. The second-order valence-corrected chi connectivity index (χ2v) is 14.7. The van der Waals surface area contributed by atoms with Crippen LogP contribution in [0.4, 0.5) is 0 Å². The summed E-state index contributed by atoms with van der Waals surface area (Å²) in [7, 11) is 0. The fourth-order valence-electron chi connectivity index (χ4n) is 2.58. The molecule has 1 aromatic rings. The van der Waals surface area contributed by atoms with Crippen molar-refractivity contribution >= 4 is 34.0 Å². The fourth-order valence-corrected chi connectivity index (χ4v) is 5.35. The normalized spacial score (nSPS) is 15.1. The van der Waals surface area contributed by atoms with Crippen molar-refractivity contribution in [3.05, 3.63) is 28.8 Å². The zero-order valence-electron chi connectivity index (χ0n) is 15.4. The molecule has 1 nitrogen and oxygen atoms in total. The molecule has 128 valence electrons. The van der Waals surface area contributed by atoms with E-state index in [-0.39, 0.29) is 16.2 Å². The third-order valence-electron chi connectivity index (χ3n) is 3.92. The van der Waals surface area contributed by atoms with Gasteiger partial charge < -0.3 is 0 Å². The number of halogens is 2. The van der Waals surface area contributed by atoms with Crippen molar-refractivity contribution in [1.82, 2.24) is 0 Å². The molecule has 0 amide bonds. The van der Waals surface area contributed by atoms with Crippen molar-refractivity contribution in [2.24, 2.45) is 0 Å². The van der Waals surface area contributed by atoms with Gasteiger partial charge in [-0.05, 0) is 0 Å². The number of hydrogen-bond donors (Lipinski definition) is 1. The SMILES string of the molecule is CC(C)(C)c1cc(C(C)(C)C)c([PH](O)(Cl)Cl)c(C(C)(C)C)c1. The van der Waals surface area contributed by atoms with Gasteiger partial charge in [0.15, 0.2) is 0 Å². The molecule has 0 aliphatic heterocycles. The molecule has 22 heavy (non-hydrogen) atoms. The van der Waals surface area contributed by atoms with Crippen molar-refractivity contribution < 1.29 is 4.89 Å². The molecule has 1 N–H and O–H groups in total. The molecular formula is C18H31Cl2OP. The minimum atomic E-state index is -3.48. The van der Waals surface area contributed by atoms with Crippen molar-refractivity contribution in [1.29, 1.82) is 0 Å². The van der Waals surface area contributed by atoms with Crippen LogP contribution in [0, 0.1) is 0 Å². The minimum absolute atomic E-state index is 0.0246. The average Bonchev–Trinajstić information content (AvgIpc) is 2.22. The van der Waals surface area contributed by atoms with Crippen molar-refractivity contribution in [3.8, 4) is 0 Å². The molecule has 0 heterocycles. The maximum absolute atomic E-state index is 10.5. The Hall–Kier alpha value is 0.190. The summed E-state index contributed by atoms with van der Waals surface area (Å²) in [5, 5.41) is 0.767. The number of benzene rings is 1. The molecule has 0 aromatic heterocycles. The van der Waals surface area contributed by atoms with Gasteiger partial charge in [0.1, 0.15) is 0 Å². The summed E-state index contributed by atoms with van der Waals surface area (Å²) in [5.74, 6) is 0. The summed E-state index contributed by atoms with van der Waals surface area (Å²) in [5.41, 5.74) is 3.12. The first-order chi connectivity index (χ1) is 9.45. The van der Waals surface area contributed by atoms with Crippen molar-refractivity contribution in [3.63, 3.8) is 0 Å². The molecule has 0 aliphatic rings. The van der Waals surface area contributed by atoms with Gasteiger partial charge in [0.2, 0.25) is 0 Å². The van der Waals surface area contributed by atoms with Crippen LogP contribution in [0.15, 0.2) is 12.1 Å². The Balaban J connectivity index is 3.96. The van der Waals surface area contributed by atoms with E-state index in [1.165, 1.54) is 5.56 Å². The third kappa shape index (κ3) is 4.60. The van der Waals surface area contributed by atoms with E-state index in [1.807, 2.05) is 0 Å². The Kier molecular flexibility index (Phi) is 5.45. The molecule has 0 saturated carbocycles. The number of rotatable bonds is 1. The van der Waals surface area contributed by atoms with E-state index in [4.69, 9.17) is 22.5 Å². The second kappa shape index (κ2) is 5.92.